The Kier molecular flexibility index (Phi) is 3.95. The first-order chi connectivity index (χ1) is 12.4. The van der Waals surface area contributed by atoms with Crippen LogP contribution in [0, 0.1) is 20.8 Å². The van der Waals surface area contributed by atoms with Crippen LogP contribution in [-0.4, -0.2) is 9.13 Å². The molecule has 2 heteroatoms. The van der Waals surface area contributed by atoms with E-state index < -0.39 is 0 Å². The van der Waals surface area contributed by atoms with Gasteiger partial charge in [0.25, 0.3) is 0 Å². The van der Waals surface area contributed by atoms with Crippen molar-refractivity contribution in [3.8, 4) is 0 Å². The highest BCUT2D eigenvalue weighted by Gasteiger charge is 2.15. The van der Waals surface area contributed by atoms with Crippen LogP contribution in [0.15, 0.2) is 36.4 Å². The molecule has 2 aromatic carbocycles. The molecule has 2 aromatic heterocycles. The summed E-state index contributed by atoms with van der Waals surface area (Å²) >= 11 is 0. The first-order valence-corrected chi connectivity index (χ1v) is 9.53. The lowest BCUT2D eigenvalue weighted by atomic mass is 9.97. The van der Waals surface area contributed by atoms with Crippen LogP contribution in [-0.2, 0) is 26.9 Å². The lowest BCUT2D eigenvalue weighted by Gasteiger charge is -2.12. The van der Waals surface area contributed by atoms with Crippen molar-refractivity contribution < 1.29 is 0 Å². The zero-order valence-corrected chi connectivity index (χ0v) is 16.8. The molecule has 0 aliphatic carbocycles. The van der Waals surface area contributed by atoms with E-state index in [1.54, 1.807) is 0 Å². The Morgan fingerprint density at radius 1 is 0.846 bits per heavy atom. The number of hydrogen-bond donors (Lipinski definition) is 0. The van der Waals surface area contributed by atoms with Gasteiger partial charge in [-0.15, -0.1) is 0 Å². The Balaban J connectivity index is 1.88. The normalized spacial score (nSPS) is 11.8. The molecule has 0 unspecified atom stereocenters. The zero-order chi connectivity index (χ0) is 18.6. The van der Waals surface area contributed by atoms with Gasteiger partial charge in [-0.3, -0.25) is 0 Å². The Morgan fingerprint density at radius 3 is 2.35 bits per heavy atom. The lowest BCUT2D eigenvalue weighted by Crippen LogP contribution is -2.01. The minimum absolute atomic E-state index is 0.973. The fourth-order valence-electron chi connectivity index (χ4n) is 4.42. The average Bonchev–Trinajstić information content (AvgIpc) is 3.10. The largest absolute Gasteiger partial charge is 0.348 e. The van der Waals surface area contributed by atoms with E-state index in [0.717, 1.165) is 12.8 Å². The fraction of sp³-hybridized carbons (Fsp3) is 0.333. The van der Waals surface area contributed by atoms with Gasteiger partial charge in [0.05, 0.1) is 5.52 Å². The van der Waals surface area contributed by atoms with Crippen LogP contribution < -0.4 is 0 Å². The predicted octanol–water partition coefficient (Wildman–Crippen LogP) is 5.75. The summed E-state index contributed by atoms with van der Waals surface area (Å²) in [5.41, 5.74) is 11.1. The molecule has 0 saturated heterocycles. The van der Waals surface area contributed by atoms with Crippen LogP contribution in [0.5, 0.6) is 0 Å². The summed E-state index contributed by atoms with van der Waals surface area (Å²) in [4.78, 5) is 0. The Hall–Kier alpha value is -2.48. The average molecular weight is 345 g/mol. The molecule has 2 heterocycles. The highest BCUT2D eigenvalue weighted by Crippen LogP contribution is 2.31. The summed E-state index contributed by atoms with van der Waals surface area (Å²) in [5, 5.41) is 2.79. The molecule has 0 amide bonds. The minimum atomic E-state index is 0.973. The van der Waals surface area contributed by atoms with E-state index in [0.29, 0.717) is 0 Å². The summed E-state index contributed by atoms with van der Waals surface area (Å²) in [6.07, 6.45) is 2.05. The third kappa shape index (κ3) is 2.39. The number of benzene rings is 2. The molecule has 0 spiro atoms. The first-order valence-electron chi connectivity index (χ1n) is 9.53. The van der Waals surface area contributed by atoms with Crippen LogP contribution in [0.3, 0.4) is 0 Å². The van der Waals surface area contributed by atoms with E-state index >= 15 is 0 Å². The second-order valence-electron chi connectivity index (χ2n) is 7.66. The molecule has 0 fully saturated rings. The van der Waals surface area contributed by atoms with Crippen LogP contribution in [0.2, 0.25) is 0 Å². The smallest absolute Gasteiger partial charge is 0.0515 e. The molecule has 4 rings (SSSR count). The molecule has 0 saturated carbocycles. The van der Waals surface area contributed by atoms with E-state index in [9.17, 15) is 0 Å². The minimum Gasteiger partial charge on any atom is -0.348 e. The van der Waals surface area contributed by atoms with Crippen molar-refractivity contribution in [3.05, 3.63) is 70.0 Å². The van der Waals surface area contributed by atoms with Crippen LogP contribution in [0.25, 0.3) is 21.8 Å². The van der Waals surface area contributed by atoms with Gasteiger partial charge in [0.15, 0.2) is 0 Å². The maximum absolute atomic E-state index is 2.39. The van der Waals surface area contributed by atoms with Crippen molar-refractivity contribution in [2.45, 2.75) is 40.5 Å². The highest BCUT2D eigenvalue weighted by molar-refractivity contribution is 5.89. The first kappa shape index (κ1) is 17.0. The molecule has 0 radical (unpaired) electrons. The third-order valence-corrected chi connectivity index (χ3v) is 6.15. The van der Waals surface area contributed by atoms with Crippen molar-refractivity contribution in [3.63, 3.8) is 0 Å². The van der Waals surface area contributed by atoms with Gasteiger partial charge in [-0.05, 0) is 67.6 Å². The molecule has 2 nitrogen and oxygen atoms in total. The third-order valence-electron chi connectivity index (χ3n) is 6.15. The van der Waals surface area contributed by atoms with E-state index in [1.807, 2.05) is 0 Å². The van der Waals surface area contributed by atoms with Crippen molar-refractivity contribution >= 4 is 21.8 Å². The molecule has 0 atom stereocenters. The van der Waals surface area contributed by atoms with E-state index in [2.05, 4.69) is 87.3 Å². The quantitative estimate of drug-likeness (QED) is 0.448. The molecule has 4 aromatic rings. The number of fused-ring (bicyclic) bond motifs is 2. The summed E-state index contributed by atoms with van der Waals surface area (Å²) in [6.45, 7) is 8.94. The van der Waals surface area contributed by atoms with E-state index in [1.165, 1.54) is 55.4 Å². The van der Waals surface area contributed by atoms with Gasteiger partial charge in [-0.25, -0.2) is 0 Å². The molecule has 134 valence electrons. The van der Waals surface area contributed by atoms with Gasteiger partial charge in [0.2, 0.25) is 0 Å². The van der Waals surface area contributed by atoms with Gasteiger partial charge in [0, 0.05) is 48.2 Å². The second-order valence-corrected chi connectivity index (χ2v) is 7.66. The Morgan fingerprint density at radius 2 is 1.62 bits per heavy atom. The van der Waals surface area contributed by atoms with Gasteiger partial charge >= 0.3 is 0 Å². The number of hydrogen-bond acceptors (Lipinski definition) is 0. The van der Waals surface area contributed by atoms with Gasteiger partial charge in [-0.2, -0.15) is 0 Å². The van der Waals surface area contributed by atoms with E-state index in [-0.39, 0.29) is 0 Å². The maximum atomic E-state index is 2.39. The molecule has 0 N–H and O–H groups in total. The second kappa shape index (κ2) is 6.05. The van der Waals surface area contributed by atoms with E-state index in [4.69, 9.17) is 0 Å². The van der Waals surface area contributed by atoms with Crippen LogP contribution >= 0.6 is 0 Å². The Bertz CT molecular complexity index is 1140. The summed E-state index contributed by atoms with van der Waals surface area (Å²) in [6, 6.07) is 13.8. The summed E-state index contributed by atoms with van der Waals surface area (Å²) in [5.74, 6) is 0. The van der Waals surface area contributed by atoms with Crippen molar-refractivity contribution in [1.29, 1.82) is 0 Å². The van der Waals surface area contributed by atoms with Gasteiger partial charge in [0.1, 0.15) is 0 Å². The zero-order valence-electron chi connectivity index (χ0n) is 16.8. The number of nitrogens with zero attached hydrogens (tertiary/aromatic N) is 2. The monoisotopic (exact) mass is 344 g/mol. The fourth-order valence-corrected chi connectivity index (χ4v) is 4.42. The maximum Gasteiger partial charge on any atom is 0.0515 e. The molecule has 26 heavy (non-hydrogen) atoms. The lowest BCUT2D eigenvalue weighted by molar-refractivity contribution is 0.874. The SMILES string of the molecule is CCc1cccc2c1cc(Cc1cc(C)c3cc(C)n(C)c3c1C)n2C. The molecule has 0 aliphatic rings. The molecule has 0 bridgehead atoms. The number of aryl methyl sites for hydroxylation is 6. The molecular weight excluding hydrogens is 316 g/mol. The van der Waals surface area contributed by atoms with Crippen molar-refractivity contribution in [1.82, 2.24) is 9.13 Å². The van der Waals surface area contributed by atoms with Crippen LogP contribution in [0.1, 0.15) is 40.6 Å². The predicted molar refractivity (Wildman–Crippen MR) is 112 cm³/mol. The number of aromatic nitrogens is 2. The summed E-state index contributed by atoms with van der Waals surface area (Å²) in [7, 11) is 4.38. The van der Waals surface area contributed by atoms with Crippen molar-refractivity contribution in [2.24, 2.45) is 14.1 Å². The standard InChI is InChI=1S/C24H28N2/c1-7-18-9-8-10-23-22(18)14-20(26(23)6)13-19-11-15(2)21-12-16(3)25(5)24(21)17(19)4/h8-12,14H,7,13H2,1-6H3. The van der Waals surface area contributed by atoms with Gasteiger partial charge in [-0.1, -0.05) is 25.1 Å². The highest BCUT2D eigenvalue weighted by atomic mass is 15.0. The number of rotatable bonds is 3. The Labute approximate surface area is 156 Å². The molecular formula is C24H28N2. The topological polar surface area (TPSA) is 9.86 Å². The van der Waals surface area contributed by atoms with Crippen molar-refractivity contribution in [2.75, 3.05) is 0 Å². The van der Waals surface area contributed by atoms with Crippen LogP contribution in [0.4, 0.5) is 0 Å². The van der Waals surface area contributed by atoms with Gasteiger partial charge < -0.3 is 9.13 Å². The summed E-state index contributed by atoms with van der Waals surface area (Å²) < 4.78 is 4.70. The molecule has 0 aliphatic heterocycles.